The third kappa shape index (κ3) is 4.62. The van der Waals surface area contributed by atoms with Crippen LogP contribution in [0.5, 0.6) is 0 Å². The predicted molar refractivity (Wildman–Crippen MR) is 72.8 cm³/mol. The van der Waals surface area contributed by atoms with Crippen molar-refractivity contribution in [1.82, 2.24) is 5.32 Å². The minimum atomic E-state index is -4.42. The van der Waals surface area contributed by atoms with Gasteiger partial charge >= 0.3 is 0 Å². The van der Waals surface area contributed by atoms with Crippen molar-refractivity contribution in [2.75, 3.05) is 13.2 Å². The second kappa shape index (κ2) is 7.15. The van der Waals surface area contributed by atoms with E-state index >= 15 is 0 Å². The Morgan fingerprint density at radius 2 is 2.05 bits per heavy atom. The minimum Gasteiger partial charge on any atom is -0.380 e. The monoisotopic (exact) mass is 341 g/mol. The fourth-order valence-corrected chi connectivity index (χ4v) is 2.47. The number of rotatable bonds is 6. The van der Waals surface area contributed by atoms with Crippen LogP contribution in [0.2, 0.25) is 0 Å². The van der Waals surface area contributed by atoms with Crippen molar-refractivity contribution in [2.45, 2.75) is 24.8 Å². The highest BCUT2D eigenvalue weighted by Crippen LogP contribution is 2.23. The number of halogens is 3. The van der Waals surface area contributed by atoms with Crippen molar-refractivity contribution in [1.29, 1.82) is 0 Å². The van der Waals surface area contributed by atoms with Crippen molar-refractivity contribution in [3.8, 4) is 0 Å². The van der Waals surface area contributed by atoms with Crippen LogP contribution in [0.25, 0.3) is 0 Å². The third-order valence-corrected chi connectivity index (χ3v) is 3.83. The number of amides is 1. The zero-order chi connectivity index (χ0) is 16.2. The molecule has 0 heterocycles. The molecule has 0 spiro atoms. The lowest BCUT2D eigenvalue weighted by Gasteiger charge is -2.14. The molecule has 0 saturated heterocycles. The summed E-state index contributed by atoms with van der Waals surface area (Å²) in [5.74, 6) is -3.79. The molecular formula is C12H14ClF2NO4S. The molecule has 0 fully saturated rings. The van der Waals surface area contributed by atoms with Gasteiger partial charge in [-0.25, -0.2) is 17.2 Å². The maximum atomic E-state index is 14.0. The summed E-state index contributed by atoms with van der Waals surface area (Å²) in [6.07, 6.45) is 0. The number of benzene rings is 1. The van der Waals surface area contributed by atoms with E-state index in [0.29, 0.717) is 18.7 Å². The van der Waals surface area contributed by atoms with E-state index in [2.05, 4.69) is 5.32 Å². The zero-order valence-corrected chi connectivity index (χ0v) is 12.9. The molecule has 0 radical (unpaired) electrons. The molecule has 1 N–H and O–H groups in total. The predicted octanol–water partition coefficient (Wildman–Crippen LogP) is 2.05. The average molecular weight is 342 g/mol. The van der Waals surface area contributed by atoms with Crippen LogP contribution in [0.4, 0.5) is 8.78 Å². The maximum absolute atomic E-state index is 14.0. The van der Waals surface area contributed by atoms with E-state index < -0.39 is 43.1 Å². The summed E-state index contributed by atoms with van der Waals surface area (Å²) in [5, 5.41) is 2.31. The SMILES string of the molecule is CCOCC(C)NC(=O)c1c(F)ccc(S(=O)(=O)Cl)c1F. The second-order valence-corrected chi connectivity index (χ2v) is 6.74. The van der Waals surface area contributed by atoms with Crippen molar-refractivity contribution >= 4 is 25.6 Å². The van der Waals surface area contributed by atoms with E-state index in [-0.39, 0.29) is 6.61 Å². The van der Waals surface area contributed by atoms with E-state index in [1.54, 1.807) is 13.8 Å². The summed E-state index contributed by atoms with van der Waals surface area (Å²) in [5.41, 5.74) is -1.000. The molecule has 1 unspecified atom stereocenters. The number of hydrogen-bond donors (Lipinski definition) is 1. The van der Waals surface area contributed by atoms with Crippen LogP contribution in [0.3, 0.4) is 0 Å². The summed E-state index contributed by atoms with van der Waals surface area (Å²) in [6, 6.07) is 0.820. The van der Waals surface area contributed by atoms with E-state index in [1.807, 2.05) is 0 Å². The number of carbonyl (C=O) groups is 1. The summed E-state index contributed by atoms with van der Waals surface area (Å²) < 4.78 is 54.9. The van der Waals surface area contributed by atoms with E-state index in [1.165, 1.54) is 0 Å². The lowest BCUT2D eigenvalue weighted by molar-refractivity contribution is 0.0863. The van der Waals surface area contributed by atoms with Gasteiger partial charge in [0, 0.05) is 23.3 Å². The van der Waals surface area contributed by atoms with Crippen LogP contribution in [0, 0.1) is 11.6 Å². The van der Waals surface area contributed by atoms with Gasteiger partial charge in [0.05, 0.1) is 6.61 Å². The van der Waals surface area contributed by atoms with Crippen LogP contribution in [-0.2, 0) is 13.8 Å². The summed E-state index contributed by atoms with van der Waals surface area (Å²) in [4.78, 5) is 10.9. The van der Waals surface area contributed by atoms with Gasteiger partial charge in [0.1, 0.15) is 16.3 Å². The van der Waals surface area contributed by atoms with Gasteiger partial charge in [0.2, 0.25) is 0 Å². The highest BCUT2D eigenvalue weighted by Gasteiger charge is 2.26. The van der Waals surface area contributed by atoms with E-state index in [4.69, 9.17) is 15.4 Å². The first-order chi connectivity index (χ1) is 9.68. The maximum Gasteiger partial charge on any atom is 0.264 e. The number of hydrogen-bond acceptors (Lipinski definition) is 4. The number of ether oxygens (including phenoxy) is 1. The lowest BCUT2D eigenvalue weighted by atomic mass is 10.1. The Kier molecular flexibility index (Phi) is 6.06. The number of carbonyl (C=O) groups excluding carboxylic acids is 1. The zero-order valence-electron chi connectivity index (χ0n) is 11.3. The number of nitrogens with one attached hydrogen (secondary N) is 1. The van der Waals surface area contributed by atoms with E-state index in [9.17, 15) is 22.0 Å². The fraction of sp³-hybridized carbons (Fsp3) is 0.417. The standard InChI is InChI=1S/C12H14ClF2NO4S/c1-3-20-6-7(2)16-12(17)10-8(14)4-5-9(11(10)15)21(13,18)19/h4-5,7H,3,6H2,1-2H3,(H,16,17). The Labute approximate surface area is 125 Å². The molecule has 0 saturated carbocycles. The quantitative estimate of drug-likeness (QED) is 0.804. The Morgan fingerprint density at radius 3 is 2.57 bits per heavy atom. The third-order valence-electron chi connectivity index (χ3n) is 2.49. The van der Waals surface area contributed by atoms with Gasteiger partial charge in [0.15, 0.2) is 5.82 Å². The van der Waals surface area contributed by atoms with Gasteiger partial charge in [-0.2, -0.15) is 0 Å². The van der Waals surface area contributed by atoms with Gasteiger partial charge in [-0.15, -0.1) is 0 Å². The van der Waals surface area contributed by atoms with Gasteiger partial charge in [-0.3, -0.25) is 4.79 Å². The van der Waals surface area contributed by atoms with Crippen molar-refractivity contribution in [2.24, 2.45) is 0 Å². The summed E-state index contributed by atoms with van der Waals surface area (Å²) in [7, 11) is 0.602. The first-order valence-corrected chi connectivity index (χ1v) is 8.30. The summed E-state index contributed by atoms with van der Waals surface area (Å²) in [6.45, 7) is 3.90. The Morgan fingerprint density at radius 1 is 1.43 bits per heavy atom. The molecule has 5 nitrogen and oxygen atoms in total. The van der Waals surface area contributed by atoms with E-state index in [0.717, 1.165) is 0 Å². The first-order valence-electron chi connectivity index (χ1n) is 5.99. The smallest absolute Gasteiger partial charge is 0.264 e. The fourth-order valence-electron chi connectivity index (χ4n) is 1.56. The van der Waals surface area contributed by atoms with Crippen LogP contribution >= 0.6 is 10.7 Å². The van der Waals surface area contributed by atoms with Gasteiger partial charge < -0.3 is 10.1 Å². The molecule has 0 aromatic heterocycles. The van der Waals surface area contributed by atoms with Crippen LogP contribution in [0.1, 0.15) is 24.2 Å². The normalized spacial score (nSPS) is 13.0. The molecule has 0 aliphatic rings. The molecule has 1 amide bonds. The van der Waals surface area contributed by atoms with Gasteiger partial charge in [-0.05, 0) is 26.0 Å². The van der Waals surface area contributed by atoms with Crippen LogP contribution in [-0.4, -0.2) is 33.6 Å². The Balaban J connectivity index is 3.10. The molecule has 0 bridgehead atoms. The first kappa shape index (κ1) is 17.8. The van der Waals surface area contributed by atoms with Gasteiger partial charge in [0.25, 0.3) is 15.0 Å². The second-order valence-electron chi connectivity index (χ2n) is 4.21. The topological polar surface area (TPSA) is 72.5 Å². The molecule has 9 heteroatoms. The average Bonchev–Trinajstić information content (AvgIpc) is 2.34. The summed E-state index contributed by atoms with van der Waals surface area (Å²) >= 11 is 0. The van der Waals surface area contributed by atoms with Crippen LogP contribution < -0.4 is 5.32 Å². The van der Waals surface area contributed by atoms with Gasteiger partial charge in [-0.1, -0.05) is 0 Å². The Hall–Kier alpha value is -1.25. The molecule has 1 aromatic carbocycles. The molecule has 1 rings (SSSR count). The molecule has 0 aliphatic heterocycles. The van der Waals surface area contributed by atoms with Crippen molar-refractivity contribution in [3.05, 3.63) is 29.3 Å². The largest absolute Gasteiger partial charge is 0.380 e. The molecule has 1 aromatic rings. The highest BCUT2D eigenvalue weighted by molar-refractivity contribution is 8.13. The highest BCUT2D eigenvalue weighted by atomic mass is 35.7. The Bertz CT molecular complexity index is 636. The minimum absolute atomic E-state index is 0.152. The molecular weight excluding hydrogens is 328 g/mol. The molecule has 0 aliphatic carbocycles. The van der Waals surface area contributed by atoms with Crippen LogP contribution in [0.15, 0.2) is 17.0 Å². The molecule has 1 atom stereocenters. The lowest BCUT2D eigenvalue weighted by Crippen LogP contribution is -2.37. The van der Waals surface area contributed by atoms with Crippen molar-refractivity contribution in [3.63, 3.8) is 0 Å². The van der Waals surface area contributed by atoms with Crippen molar-refractivity contribution < 1.29 is 26.7 Å². The molecule has 21 heavy (non-hydrogen) atoms. The molecule has 118 valence electrons.